The van der Waals surface area contributed by atoms with Crippen LogP contribution >= 0.6 is 0 Å². The number of fused-ring (bicyclic) bond motifs is 1. The summed E-state index contributed by atoms with van der Waals surface area (Å²) in [6.45, 7) is 0.587. The number of hydrogen-bond acceptors (Lipinski definition) is 5. The molecule has 0 radical (unpaired) electrons. The van der Waals surface area contributed by atoms with E-state index in [1.165, 1.54) is 12.1 Å². The predicted molar refractivity (Wildman–Crippen MR) is 86.2 cm³/mol. The van der Waals surface area contributed by atoms with Crippen LogP contribution in [0.4, 0.5) is 20.3 Å². The van der Waals surface area contributed by atoms with Gasteiger partial charge in [-0.15, -0.1) is 0 Å². The summed E-state index contributed by atoms with van der Waals surface area (Å²) < 4.78 is 27.8. The smallest absolute Gasteiger partial charge is 0.288 e. The van der Waals surface area contributed by atoms with Crippen molar-refractivity contribution in [2.75, 3.05) is 11.4 Å². The van der Waals surface area contributed by atoms with Crippen molar-refractivity contribution in [1.82, 2.24) is 15.2 Å². The normalized spacial score (nSPS) is 17.4. The number of H-pyrrole nitrogens is 1. The van der Waals surface area contributed by atoms with Crippen LogP contribution in [-0.2, 0) is 0 Å². The predicted octanol–water partition coefficient (Wildman–Crippen LogP) is 3.49. The van der Waals surface area contributed by atoms with Crippen LogP contribution in [0, 0.1) is 21.7 Å². The molecular formula is C16H13F2N5O2. The van der Waals surface area contributed by atoms with E-state index in [-0.39, 0.29) is 17.3 Å². The van der Waals surface area contributed by atoms with Crippen LogP contribution in [0.1, 0.15) is 24.4 Å². The molecule has 7 nitrogen and oxygen atoms in total. The topological polar surface area (TPSA) is 87.9 Å². The fraction of sp³-hybridized carbons (Fsp3) is 0.250. The quantitative estimate of drug-likeness (QED) is 0.580. The Morgan fingerprint density at radius 3 is 2.96 bits per heavy atom. The summed E-state index contributed by atoms with van der Waals surface area (Å²) in [6.07, 6.45) is 2.56. The van der Waals surface area contributed by atoms with Gasteiger partial charge in [0.15, 0.2) is 11.5 Å². The van der Waals surface area contributed by atoms with Gasteiger partial charge in [-0.05, 0) is 31.0 Å². The van der Waals surface area contributed by atoms with Crippen LogP contribution in [0.2, 0.25) is 0 Å². The summed E-state index contributed by atoms with van der Waals surface area (Å²) in [6, 6.07) is 4.37. The molecule has 0 amide bonds. The summed E-state index contributed by atoms with van der Waals surface area (Å²) >= 11 is 0. The number of benzene rings is 1. The molecule has 1 aromatic carbocycles. The molecule has 3 aromatic rings. The Bertz CT molecular complexity index is 974. The standard InChI is InChI=1S/C16H13F2N5O2/c17-9-3-4-13(18)11(6-9)14-2-1-5-22(14)16-12-7-10(23(24)25)8-19-15(12)20-21-16/h3-4,6-8,14H,1-2,5H2,(H,19,20,21)/t14-/m1/s1. The third-order valence-electron chi connectivity index (χ3n) is 4.43. The first kappa shape index (κ1) is 15.4. The number of anilines is 1. The number of hydrogen-bond donors (Lipinski definition) is 1. The molecule has 0 saturated carbocycles. The van der Waals surface area contributed by atoms with E-state index in [1.54, 1.807) is 0 Å². The number of aromatic nitrogens is 3. The first-order chi connectivity index (χ1) is 12.0. The number of nitro groups is 1. The molecular weight excluding hydrogens is 332 g/mol. The molecule has 1 fully saturated rings. The lowest BCUT2D eigenvalue weighted by Crippen LogP contribution is -2.24. The second kappa shape index (κ2) is 5.76. The zero-order valence-corrected chi connectivity index (χ0v) is 12.9. The number of halogens is 2. The van der Waals surface area contributed by atoms with E-state index in [4.69, 9.17) is 0 Å². The number of pyridine rings is 1. The molecule has 1 saturated heterocycles. The highest BCUT2D eigenvalue weighted by atomic mass is 19.1. The molecule has 0 spiro atoms. The minimum atomic E-state index is -0.531. The maximum Gasteiger partial charge on any atom is 0.288 e. The number of nitrogens with one attached hydrogen (secondary N) is 1. The molecule has 128 valence electrons. The highest BCUT2D eigenvalue weighted by Gasteiger charge is 2.31. The minimum Gasteiger partial charge on any atom is -0.347 e. The third-order valence-corrected chi connectivity index (χ3v) is 4.43. The highest BCUT2D eigenvalue weighted by molar-refractivity contribution is 5.89. The van der Waals surface area contributed by atoms with Gasteiger partial charge in [-0.3, -0.25) is 15.2 Å². The van der Waals surface area contributed by atoms with E-state index in [1.807, 2.05) is 4.90 Å². The van der Waals surface area contributed by atoms with Crippen molar-refractivity contribution in [2.45, 2.75) is 18.9 Å². The van der Waals surface area contributed by atoms with Gasteiger partial charge in [0.05, 0.1) is 16.4 Å². The lowest BCUT2D eigenvalue weighted by atomic mass is 10.0. The van der Waals surface area contributed by atoms with E-state index >= 15 is 0 Å². The Morgan fingerprint density at radius 1 is 1.32 bits per heavy atom. The van der Waals surface area contributed by atoms with Crippen LogP contribution in [0.3, 0.4) is 0 Å². The van der Waals surface area contributed by atoms with Crippen LogP contribution in [0.5, 0.6) is 0 Å². The average Bonchev–Trinajstić information content (AvgIpc) is 3.22. The van der Waals surface area contributed by atoms with Gasteiger partial charge in [0.25, 0.3) is 5.69 Å². The van der Waals surface area contributed by atoms with Gasteiger partial charge < -0.3 is 4.90 Å². The summed E-state index contributed by atoms with van der Waals surface area (Å²) in [7, 11) is 0. The van der Waals surface area contributed by atoms with Crippen molar-refractivity contribution in [3.63, 3.8) is 0 Å². The molecule has 1 atom stereocenters. The van der Waals surface area contributed by atoms with Gasteiger partial charge in [0.2, 0.25) is 0 Å². The van der Waals surface area contributed by atoms with Gasteiger partial charge in [-0.2, -0.15) is 5.10 Å². The molecule has 0 unspecified atom stereocenters. The largest absolute Gasteiger partial charge is 0.347 e. The number of nitrogens with zero attached hydrogens (tertiary/aromatic N) is 4. The lowest BCUT2D eigenvalue weighted by Gasteiger charge is -2.25. The zero-order chi connectivity index (χ0) is 17.6. The average molecular weight is 345 g/mol. The van der Waals surface area contributed by atoms with E-state index in [0.29, 0.717) is 29.8 Å². The Labute approximate surface area is 140 Å². The highest BCUT2D eigenvalue weighted by Crippen LogP contribution is 2.39. The summed E-state index contributed by atoms with van der Waals surface area (Å²) in [5.74, 6) is -0.535. The van der Waals surface area contributed by atoms with Crippen LogP contribution < -0.4 is 4.90 Å². The molecule has 25 heavy (non-hydrogen) atoms. The van der Waals surface area contributed by atoms with Gasteiger partial charge >= 0.3 is 0 Å². The molecule has 2 aromatic heterocycles. The molecule has 0 aliphatic carbocycles. The van der Waals surface area contributed by atoms with Crippen LogP contribution in [-0.4, -0.2) is 26.6 Å². The van der Waals surface area contributed by atoms with Crippen molar-refractivity contribution < 1.29 is 13.7 Å². The van der Waals surface area contributed by atoms with E-state index < -0.39 is 16.6 Å². The van der Waals surface area contributed by atoms with E-state index in [0.717, 1.165) is 24.8 Å². The Morgan fingerprint density at radius 2 is 2.16 bits per heavy atom. The van der Waals surface area contributed by atoms with E-state index in [2.05, 4.69) is 15.2 Å². The lowest BCUT2D eigenvalue weighted by molar-refractivity contribution is -0.385. The van der Waals surface area contributed by atoms with Gasteiger partial charge in [-0.25, -0.2) is 13.8 Å². The second-order valence-corrected chi connectivity index (χ2v) is 5.91. The maximum atomic E-state index is 14.2. The zero-order valence-electron chi connectivity index (χ0n) is 12.9. The molecule has 0 bridgehead atoms. The van der Waals surface area contributed by atoms with Gasteiger partial charge in [-0.1, -0.05) is 0 Å². The molecule has 9 heteroatoms. The van der Waals surface area contributed by atoms with E-state index in [9.17, 15) is 18.9 Å². The van der Waals surface area contributed by atoms with Crippen molar-refractivity contribution in [3.8, 4) is 0 Å². The molecule has 3 heterocycles. The van der Waals surface area contributed by atoms with Crippen molar-refractivity contribution in [2.24, 2.45) is 0 Å². The first-order valence-electron chi connectivity index (χ1n) is 7.74. The fourth-order valence-corrected chi connectivity index (χ4v) is 3.31. The monoisotopic (exact) mass is 345 g/mol. The van der Waals surface area contributed by atoms with Gasteiger partial charge in [0, 0.05) is 18.2 Å². The number of aromatic amines is 1. The molecule has 4 rings (SSSR count). The van der Waals surface area contributed by atoms with Crippen molar-refractivity contribution in [1.29, 1.82) is 0 Å². The maximum absolute atomic E-state index is 14.2. The summed E-state index contributed by atoms with van der Waals surface area (Å²) in [4.78, 5) is 16.3. The molecule has 1 aliphatic heterocycles. The third kappa shape index (κ3) is 2.57. The van der Waals surface area contributed by atoms with Crippen LogP contribution in [0.25, 0.3) is 11.0 Å². The Kier molecular flexibility index (Phi) is 3.56. The second-order valence-electron chi connectivity index (χ2n) is 5.91. The van der Waals surface area contributed by atoms with Crippen LogP contribution in [0.15, 0.2) is 30.5 Å². The Hall–Kier alpha value is -3.10. The Balaban J connectivity index is 1.80. The fourth-order valence-electron chi connectivity index (χ4n) is 3.31. The molecule has 1 aliphatic rings. The SMILES string of the molecule is O=[N+]([O-])c1cnc2[nH]nc(N3CCC[C@@H]3c3cc(F)ccc3F)c2c1. The molecule has 1 N–H and O–H groups in total. The summed E-state index contributed by atoms with van der Waals surface area (Å²) in [5, 5.41) is 18.4. The number of rotatable bonds is 3. The van der Waals surface area contributed by atoms with Gasteiger partial charge in [0.1, 0.15) is 17.8 Å². The first-order valence-corrected chi connectivity index (χ1v) is 7.74. The van der Waals surface area contributed by atoms with Crippen molar-refractivity contribution >= 4 is 22.5 Å². The summed E-state index contributed by atoms with van der Waals surface area (Å²) in [5.41, 5.74) is 0.515. The minimum absolute atomic E-state index is 0.150. The van der Waals surface area contributed by atoms with Crippen molar-refractivity contribution in [3.05, 3.63) is 57.8 Å².